The van der Waals surface area contributed by atoms with E-state index in [1.165, 1.54) is 10.5 Å². The average molecular weight is 376 g/mol. The lowest BCUT2D eigenvalue weighted by Gasteiger charge is -2.16. The maximum absolute atomic E-state index is 11.6. The lowest BCUT2D eigenvalue weighted by Crippen LogP contribution is -3.06. The number of hydrogen-bond acceptors (Lipinski definition) is 3. The highest BCUT2D eigenvalue weighted by molar-refractivity contribution is 6.32. The summed E-state index contributed by atoms with van der Waals surface area (Å²) in [5, 5.41) is 3.23. The number of carbonyl (C=O) groups is 1. The van der Waals surface area contributed by atoms with Gasteiger partial charge in [0.2, 0.25) is 0 Å². The summed E-state index contributed by atoms with van der Waals surface area (Å²) in [5.41, 5.74) is 2.96. The molecule has 2 aromatic carbocycles. The SMILES string of the molecule is CNC(=O)c1ccc(C[NH+](C)Cc2cc(Cl)c3c(c2)OCCCO3)cc1. The largest absolute Gasteiger partial charge is 0.489 e. The molecule has 0 aliphatic carbocycles. The van der Waals surface area contributed by atoms with Crippen molar-refractivity contribution < 1.29 is 19.2 Å². The van der Waals surface area contributed by atoms with Crippen molar-refractivity contribution in [2.45, 2.75) is 19.5 Å². The molecule has 0 saturated carbocycles. The highest BCUT2D eigenvalue weighted by Gasteiger charge is 2.17. The van der Waals surface area contributed by atoms with E-state index in [9.17, 15) is 4.79 Å². The lowest BCUT2D eigenvalue weighted by atomic mass is 10.1. The predicted octanol–water partition coefficient (Wildman–Crippen LogP) is 2.08. The summed E-state index contributed by atoms with van der Waals surface area (Å²) in [4.78, 5) is 12.9. The van der Waals surface area contributed by atoms with Gasteiger partial charge in [0.1, 0.15) is 13.1 Å². The average Bonchev–Trinajstić information content (AvgIpc) is 2.87. The molecule has 26 heavy (non-hydrogen) atoms. The van der Waals surface area contributed by atoms with Crippen molar-refractivity contribution in [3.05, 3.63) is 58.1 Å². The number of rotatable bonds is 5. The van der Waals surface area contributed by atoms with Gasteiger partial charge in [-0.15, -0.1) is 0 Å². The Hall–Kier alpha value is -2.24. The number of quaternary nitrogens is 1. The fraction of sp³-hybridized carbons (Fsp3) is 0.350. The molecule has 0 radical (unpaired) electrons. The van der Waals surface area contributed by atoms with Crippen molar-refractivity contribution in [1.82, 2.24) is 5.32 Å². The Kier molecular flexibility index (Phi) is 6.01. The molecule has 5 nitrogen and oxygen atoms in total. The van der Waals surface area contributed by atoms with Crippen LogP contribution in [0.15, 0.2) is 36.4 Å². The topological polar surface area (TPSA) is 52.0 Å². The van der Waals surface area contributed by atoms with Gasteiger partial charge >= 0.3 is 0 Å². The zero-order chi connectivity index (χ0) is 18.5. The van der Waals surface area contributed by atoms with Gasteiger partial charge in [0, 0.05) is 30.2 Å². The van der Waals surface area contributed by atoms with Crippen LogP contribution in [0.4, 0.5) is 0 Å². The number of fused-ring (bicyclic) bond motifs is 1. The van der Waals surface area contributed by atoms with E-state index in [2.05, 4.69) is 12.4 Å². The van der Waals surface area contributed by atoms with Crippen LogP contribution < -0.4 is 19.7 Å². The molecule has 1 unspecified atom stereocenters. The molecular weight excluding hydrogens is 352 g/mol. The van der Waals surface area contributed by atoms with Crippen LogP contribution in [0.3, 0.4) is 0 Å². The normalized spacial score (nSPS) is 14.4. The van der Waals surface area contributed by atoms with E-state index in [0.717, 1.165) is 30.8 Å². The molecule has 1 atom stereocenters. The molecule has 0 saturated heterocycles. The van der Waals surface area contributed by atoms with Crippen molar-refractivity contribution in [3.63, 3.8) is 0 Å². The summed E-state index contributed by atoms with van der Waals surface area (Å²) >= 11 is 6.37. The number of halogens is 1. The van der Waals surface area contributed by atoms with Gasteiger partial charge in [0.25, 0.3) is 5.91 Å². The third-order valence-electron chi connectivity index (χ3n) is 4.32. The molecule has 0 spiro atoms. The van der Waals surface area contributed by atoms with Crippen LogP contribution in [0, 0.1) is 0 Å². The van der Waals surface area contributed by atoms with Gasteiger partial charge in [-0.05, 0) is 24.3 Å². The molecule has 1 aliphatic heterocycles. The van der Waals surface area contributed by atoms with Crippen molar-refractivity contribution in [3.8, 4) is 11.5 Å². The molecule has 0 bridgehead atoms. The first-order valence-electron chi connectivity index (χ1n) is 8.77. The number of ether oxygens (including phenoxy) is 2. The maximum Gasteiger partial charge on any atom is 0.251 e. The van der Waals surface area contributed by atoms with Gasteiger partial charge in [0.15, 0.2) is 11.5 Å². The molecule has 1 amide bonds. The minimum Gasteiger partial charge on any atom is -0.489 e. The Labute approximate surface area is 158 Å². The highest BCUT2D eigenvalue weighted by Crippen LogP contribution is 2.37. The fourth-order valence-electron chi connectivity index (χ4n) is 3.06. The van der Waals surface area contributed by atoms with Gasteiger partial charge in [-0.2, -0.15) is 0 Å². The number of hydrogen-bond donors (Lipinski definition) is 2. The zero-order valence-electron chi connectivity index (χ0n) is 15.1. The summed E-state index contributed by atoms with van der Waals surface area (Å²) in [5.74, 6) is 1.31. The Bertz CT molecular complexity index is 777. The highest BCUT2D eigenvalue weighted by atomic mass is 35.5. The van der Waals surface area contributed by atoms with E-state index >= 15 is 0 Å². The van der Waals surface area contributed by atoms with Gasteiger partial charge < -0.3 is 19.7 Å². The Balaban J connectivity index is 1.66. The third kappa shape index (κ3) is 4.48. The molecule has 1 heterocycles. The first kappa shape index (κ1) is 18.5. The Morgan fingerprint density at radius 3 is 2.54 bits per heavy atom. The van der Waals surface area contributed by atoms with Gasteiger partial charge in [-0.25, -0.2) is 0 Å². The van der Waals surface area contributed by atoms with Crippen LogP contribution in [0.5, 0.6) is 11.5 Å². The van der Waals surface area contributed by atoms with E-state index in [4.69, 9.17) is 21.1 Å². The minimum absolute atomic E-state index is 0.0703. The molecule has 2 aromatic rings. The third-order valence-corrected chi connectivity index (χ3v) is 4.60. The van der Waals surface area contributed by atoms with Crippen LogP contribution >= 0.6 is 11.6 Å². The second-order valence-corrected chi connectivity index (χ2v) is 6.95. The van der Waals surface area contributed by atoms with Gasteiger partial charge in [-0.1, -0.05) is 23.7 Å². The molecule has 138 valence electrons. The van der Waals surface area contributed by atoms with Crippen LogP contribution in [0.2, 0.25) is 5.02 Å². The van der Waals surface area contributed by atoms with E-state index in [1.807, 2.05) is 36.4 Å². The molecule has 6 heteroatoms. The van der Waals surface area contributed by atoms with E-state index in [1.54, 1.807) is 7.05 Å². The quantitative estimate of drug-likeness (QED) is 0.841. The molecule has 3 rings (SSSR count). The van der Waals surface area contributed by atoms with Crippen LogP contribution in [-0.4, -0.2) is 33.2 Å². The molecule has 1 aliphatic rings. The summed E-state index contributed by atoms with van der Waals surface area (Å²) in [7, 11) is 3.76. The van der Waals surface area contributed by atoms with E-state index in [-0.39, 0.29) is 5.91 Å². The smallest absolute Gasteiger partial charge is 0.251 e. The number of carbonyl (C=O) groups excluding carboxylic acids is 1. The molecular formula is C20H24ClN2O3+. The van der Waals surface area contributed by atoms with Crippen molar-refractivity contribution in [2.24, 2.45) is 0 Å². The first-order chi connectivity index (χ1) is 12.6. The van der Waals surface area contributed by atoms with Crippen molar-refractivity contribution >= 4 is 17.5 Å². The summed E-state index contributed by atoms with van der Waals surface area (Å²) in [6, 6.07) is 11.7. The molecule has 2 N–H and O–H groups in total. The Morgan fingerprint density at radius 2 is 1.81 bits per heavy atom. The monoisotopic (exact) mass is 375 g/mol. The van der Waals surface area contributed by atoms with Crippen LogP contribution in [0.1, 0.15) is 27.9 Å². The number of nitrogens with one attached hydrogen (secondary N) is 2. The number of amides is 1. The first-order valence-corrected chi connectivity index (χ1v) is 9.15. The molecule has 0 aromatic heterocycles. The molecule has 0 fully saturated rings. The zero-order valence-corrected chi connectivity index (χ0v) is 15.9. The van der Waals surface area contributed by atoms with Crippen LogP contribution in [-0.2, 0) is 13.1 Å². The van der Waals surface area contributed by atoms with Gasteiger partial charge in [0.05, 0.1) is 25.3 Å². The number of benzene rings is 2. The second-order valence-electron chi connectivity index (χ2n) is 6.54. The minimum atomic E-state index is -0.0703. The predicted molar refractivity (Wildman–Crippen MR) is 101 cm³/mol. The summed E-state index contributed by atoms with van der Waals surface area (Å²) in [6.07, 6.45) is 0.859. The maximum atomic E-state index is 11.6. The lowest BCUT2D eigenvalue weighted by molar-refractivity contribution is -0.907. The summed E-state index contributed by atoms with van der Waals surface area (Å²) < 4.78 is 11.4. The standard InChI is InChI=1S/C20H23ClN2O3/c1-22-20(24)16-6-4-14(5-7-16)12-23(2)13-15-10-17(21)19-18(11-15)25-8-3-9-26-19/h4-7,10-11H,3,8-9,12-13H2,1-2H3,(H,22,24)/p+1. The second kappa shape index (κ2) is 8.43. The van der Waals surface area contributed by atoms with Crippen molar-refractivity contribution in [1.29, 1.82) is 0 Å². The Morgan fingerprint density at radius 1 is 1.12 bits per heavy atom. The van der Waals surface area contributed by atoms with Crippen molar-refractivity contribution in [2.75, 3.05) is 27.3 Å². The fourth-order valence-corrected chi connectivity index (χ4v) is 3.35. The van der Waals surface area contributed by atoms with Gasteiger partial charge in [-0.3, -0.25) is 4.79 Å². The van der Waals surface area contributed by atoms with E-state index < -0.39 is 0 Å². The summed E-state index contributed by atoms with van der Waals surface area (Å²) in [6.45, 7) is 2.93. The van der Waals surface area contributed by atoms with E-state index in [0.29, 0.717) is 29.5 Å². The van der Waals surface area contributed by atoms with Crippen LogP contribution in [0.25, 0.3) is 0 Å².